The number of benzene rings is 2. The number of ether oxygens (including phenoxy) is 2. The van der Waals surface area contributed by atoms with Crippen molar-refractivity contribution in [2.24, 2.45) is 0 Å². The maximum Gasteiger partial charge on any atom is 0.338 e. The summed E-state index contributed by atoms with van der Waals surface area (Å²) < 4.78 is 10.7. The second-order valence-corrected chi connectivity index (χ2v) is 5.91. The molecule has 2 aromatic rings. The molecular weight excluding hydrogens is 332 g/mol. The molecule has 6 heteroatoms. The number of anilines is 2. The summed E-state index contributed by atoms with van der Waals surface area (Å²) in [6.45, 7) is 3.88. The molecule has 0 aromatic heterocycles. The Morgan fingerprint density at radius 1 is 1.08 bits per heavy atom. The first kappa shape index (κ1) is 19.3. The lowest BCUT2D eigenvalue weighted by molar-refractivity contribution is -0.123. The average molecular weight is 356 g/mol. The lowest BCUT2D eigenvalue weighted by Gasteiger charge is -2.16. The molecule has 138 valence electrons. The number of nitrogens with one attached hydrogen (secondary N) is 1. The first-order valence-corrected chi connectivity index (χ1v) is 8.43. The number of amides is 1. The van der Waals surface area contributed by atoms with E-state index in [-0.39, 0.29) is 0 Å². The van der Waals surface area contributed by atoms with Gasteiger partial charge >= 0.3 is 5.97 Å². The number of nitrogens with zero attached hydrogens (tertiary/aromatic N) is 1. The fourth-order valence-electron chi connectivity index (χ4n) is 2.26. The van der Waals surface area contributed by atoms with Crippen molar-refractivity contribution in [3.05, 3.63) is 54.1 Å². The van der Waals surface area contributed by atoms with Crippen LogP contribution in [0.5, 0.6) is 5.75 Å². The van der Waals surface area contributed by atoms with Gasteiger partial charge in [0.25, 0.3) is 5.91 Å². The van der Waals surface area contributed by atoms with Crippen molar-refractivity contribution in [2.75, 3.05) is 30.9 Å². The number of esters is 1. The van der Waals surface area contributed by atoms with Gasteiger partial charge in [0.15, 0.2) is 6.10 Å². The molecule has 0 saturated carbocycles. The SMILES string of the molecule is CCOc1ccccc1NC(=O)C(C)OC(=O)c1ccc(N(C)C)cc1. The van der Waals surface area contributed by atoms with Gasteiger partial charge in [-0.25, -0.2) is 4.79 Å². The predicted octanol–water partition coefficient (Wildman–Crippen LogP) is 3.34. The smallest absolute Gasteiger partial charge is 0.338 e. The zero-order chi connectivity index (χ0) is 19.1. The quantitative estimate of drug-likeness (QED) is 0.771. The number of hydrogen-bond donors (Lipinski definition) is 1. The Balaban J connectivity index is 1.99. The van der Waals surface area contributed by atoms with Crippen molar-refractivity contribution >= 4 is 23.3 Å². The molecule has 1 unspecified atom stereocenters. The van der Waals surface area contributed by atoms with Crippen molar-refractivity contribution < 1.29 is 19.1 Å². The van der Waals surface area contributed by atoms with Crippen molar-refractivity contribution in [1.29, 1.82) is 0 Å². The molecule has 6 nitrogen and oxygen atoms in total. The fraction of sp³-hybridized carbons (Fsp3) is 0.300. The highest BCUT2D eigenvalue weighted by molar-refractivity contribution is 5.98. The van der Waals surface area contributed by atoms with E-state index in [9.17, 15) is 9.59 Å². The largest absolute Gasteiger partial charge is 0.492 e. The van der Waals surface area contributed by atoms with Crippen LogP contribution in [0.4, 0.5) is 11.4 Å². The number of rotatable bonds is 7. The molecule has 0 aliphatic carbocycles. The first-order chi connectivity index (χ1) is 12.4. The highest BCUT2D eigenvalue weighted by Crippen LogP contribution is 2.24. The number of hydrogen-bond acceptors (Lipinski definition) is 5. The minimum Gasteiger partial charge on any atom is -0.492 e. The normalized spacial score (nSPS) is 11.4. The second-order valence-electron chi connectivity index (χ2n) is 5.91. The van der Waals surface area contributed by atoms with E-state index in [4.69, 9.17) is 9.47 Å². The molecule has 0 saturated heterocycles. The molecule has 0 radical (unpaired) electrons. The Bertz CT molecular complexity index is 757. The van der Waals surface area contributed by atoms with Gasteiger partial charge < -0.3 is 19.7 Å². The summed E-state index contributed by atoms with van der Waals surface area (Å²) in [6, 6.07) is 14.1. The van der Waals surface area contributed by atoms with Gasteiger partial charge in [-0.05, 0) is 50.2 Å². The zero-order valence-electron chi connectivity index (χ0n) is 15.5. The molecule has 0 heterocycles. The summed E-state index contributed by atoms with van der Waals surface area (Å²) in [6.07, 6.45) is -0.939. The molecule has 1 atom stereocenters. The lowest BCUT2D eigenvalue weighted by atomic mass is 10.2. The Kier molecular flexibility index (Phi) is 6.60. The van der Waals surface area contributed by atoms with E-state index in [0.717, 1.165) is 5.69 Å². The van der Waals surface area contributed by atoms with Gasteiger partial charge in [-0.1, -0.05) is 12.1 Å². The van der Waals surface area contributed by atoms with Gasteiger partial charge in [0.2, 0.25) is 0 Å². The summed E-state index contributed by atoms with van der Waals surface area (Å²) in [5.74, 6) is -0.396. The molecule has 0 aliphatic rings. The van der Waals surface area contributed by atoms with Gasteiger partial charge in [-0.2, -0.15) is 0 Å². The van der Waals surface area contributed by atoms with Gasteiger partial charge in [0, 0.05) is 19.8 Å². The minimum absolute atomic E-state index is 0.393. The molecule has 0 bridgehead atoms. The Hall–Kier alpha value is -3.02. The van der Waals surface area contributed by atoms with Crippen molar-refractivity contribution in [3.8, 4) is 5.75 Å². The maximum absolute atomic E-state index is 12.3. The standard InChI is InChI=1S/C20H24N2O4/c1-5-25-18-9-7-6-8-17(18)21-19(23)14(2)26-20(24)15-10-12-16(13-11-15)22(3)4/h6-14H,5H2,1-4H3,(H,21,23). The second kappa shape index (κ2) is 8.89. The Labute approximate surface area is 153 Å². The van der Waals surface area contributed by atoms with E-state index < -0.39 is 18.0 Å². The summed E-state index contributed by atoms with van der Waals surface area (Å²) in [4.78, 5) is 26.5. The van der Waals surface area contributed by atoms with E-state index >= 15 is 0 Å². The van der Waals surface area contributed by atoms with Gasteiger partial charge in [0.1, 0.15) is 5.75 Å². The number of carbonyl (C=O) groups excluding carboxylic acids is 2. The van der Waals surface area contributed by atoms with E-state index in [1.807, 2.05) is 44.1 Å². The molecule has 1 amide bonds. The lowest BCUT2D eigenvalue weighted by Crippen LogP contribution is -2.30. The van der Waals surface area contributed by atoms with E-state index in [1.165, 1.54) is 6.92 Å². The highest BCUT2D eigenvalue weighted by atomic mass is 16.5. The molecule has 2 rings (SSSR count). The molecule has 0 aliphatic heterocycles. The van der Waals surface area contributed by atoms with Crippen LogP contribution in [-0.4, -0.2) is 38.7 Å². The van der Waals surface area contributed by atoms with Crippen LogP contribution in [0, 0.1) is 0 Å². The molecule has 0 spiro atoms. The third-order valence-corrected chi connectivity index (χ3v) is 3.72. The molecule has 26 heavy (non-hydrogen) atoms. The molecule has 2 aromatic carbocycles. The first-order valence-electron chi connectivity index (χ1n) is 8.43. The third-order valence-electron chi connectivity index (χ3n) is 3.72. The van der Waals surface area contributed by atoms with Crippen LogP contribution >= 0.6 is 0 Å². The Morgan fingerprint density at radius 2 is 1.73 bits per heavy atom. The number of para-hydroxylation sites is 2. The van der Waals surface area contributed by atoms with Gasteiger partial charge in [0.05, 0.1) is 17.9 Å². The van der Waals surface area contributed by atoms with Crippen molar-refractivity contribution in [3.63, 3.8) is 0 Å². The minimum atomic E-state index is -0.939. The van der Waals surface area contributed by atoms with Gasteiger partial charge in [-0.3, -0.25) is 4.79 Å². The Morgan fingerprint density at radius 3 is 2.35 bits per heavy atom. The van der Waals surface area contributed by atoms with E-state index in [1.54, 1.807) is 30.3 Å². The number of carbonyl (C=O) groups is 2. The summed E-state index contributed by atoms with van der Waals surface area (Å²) in [5, 5.41) is 2.73. The highest BCUT2D eigenvalue weighted by Gasteiger charge is 2.20. The van der Waals surface area contributed by atoms with Crippen LogP contribution in [0.1, 0.15) is 24.2 Å². The van der Waals surface area contributed by atoms with Crippen LogP contribution in [-0.2, 0) is 9.53 Å². The van der Waals surface area contributed by atoms with Crippen molar-refractivity contribution in [1.82, 2.24) is 0 Å². The summed E-state index contributed by atoms with van der Waals surface area (Å²) in [5.41, 5.74) is 1.91. The van der Waals surface area contributed by atoms with Crippen LogP contribution in [0.15, 0.2) is 48.5 Å². The summed E-state index contributed by atoms with van der Waals surface area (Å²) in [7, 11) is 3.83. The zero-order valence-corrected chi connectivity index (χ0v) is 15.5. The summed E-state index contributed by atoms with van der Waals surface area (Å²) >= 11 is 0. The van der Waals surface area contributed by atoms with Crippen LogP contribution < -0.4 is 15.0 Å². The monoisotopic (exact) mass is 356 g/mol. The molecule has 0 fully saturated rings. The molecular formula is C20H24N2O4. The fourth-order valence-corrected chi connectivity index (χ4v) is 2.26. The van der Waals surface area contributed by atoms with E-state index in [2.05, 4.69) is 5.32 Å². The average Bonchev–Trinajstić information content (AvgIpc) is 2.63. The predicted molar refractivity (Wildman–Crippen MR) is 102 cm³/mol. The molecule has 1 N–H and O–H groups in total. The third kappa shape index (κ3) is 4.99. The van der Waals surface area contributed by atoms with Crippen LogP contribution in [0.3, 0.4) is 0 Å². The topological polar surface area (TPSA) is 67.9 Å². The van der Waals surface area contributed by atoms with Crippen molar-refractivity contribution in [2.45, 2.75) is 20.0 Å². The van der Waals surface area contributed by atoms with Crippen LogP contribution in [0.2, 0.25) is 0 Å². The van der Waals surface area contributed by atoms with Gasteiger partial charge in [-0.15, -0.1) is 0 Å². The maximum atomic E-state index is 12.3. The van der Waals surface area contributed by atoms with E-state index in [0.29, 0.717) is 23.6 Å². The van der Waals surface area contributed by atoms with Crippen LogP contribution in [0.25, 0.3) is 0 Å².